The summed E-state index contributed by atoms with van der Waals surface area (Å²) < 4.78 is 2.20. The lowest BCUT2D eigenvalue weighted by Gasteiger charge is -2.29. The third kappa shape index (κ3) is 2.37. The lowest BCUT2D eigenvalue weighted by molar-refractivity contribution is 0.0923. The van der Waals surface area contributed by atoms with Gasteiger partial charge in [-0.2, -0.15) is 0 Å². The van der Waals surface area contributed by atoms with Gasteiger partial charge in [-0.05, 0) is 52.5 Å². The average molecular weight is 275 g/mol. The van der Waals surface area contributed by atoms with E-state index in [2.05, 4.69) is 29.0 Å². The maximum Gasteiger partial charge on any atom is 0.253 e. The van der Waals surface area contributed by atoms with Crippen LogP contribution in [0.1, 0.15) is 54.4 Å². The van der Waals surface area contributed by atoms with Crippen LogP contribution in [0.2, 0.25) is 0 Å². The molecule has 2 aliphatic rings. The van der Waals surface area contributed by atoms with Crippen LogP contribution in [-0.4, -0.2) is 28.6 Å². The number of nitrogens with zero attached hydrogens (tertiary/aromatic N) is 1. The minimum Gasteiger partial charge on any atom is -0.349 e. The highest BCUT2D eigenvalue weighted by Gasteiger charge is 2.34. The standard InChI is InChI=1S/C16H25N3O/c1-4-19-10(2)7-15(11(19)3)16(20)18-14-8-12-5-6-13(9-14)17-12/h7,12-14,17H,4-6,8-9H2,1-3H3,(H,18,20). The second kappa shape index (κ2) is 5.24. The molecule has 110 valence electrons. The monoisotopic (exact) mass is 275 g/mol. The molecule has 0 aromatic carbocycles. The van der Waals surface area contributed by atoms with Gasteiger partial charge in [0.25, 0.3) is 5.91 Å². The number of piperidine rings is 1. The Hall–Kier alpha value is -1.29. The summed E-state index contributed by atoms with van der Waals surface area (Å²) in [5.41, 5.74) is 3.09. The molecule has 0 radical (unpaired) electrons. The molecule has 1 aromatic heterocycles. The van der Waals surface area contributed by atoms with E-state index in [1.54, 1.807) is 0 Å². The molecule has 2 saturated heterocycles. The lowest BCUT2D eigenvalue weighted by Crippen LogP contribution is -2.48. The third-order valence-corrected chi connectivity index (χ3v) is 4.94. The van der Waals surface area contributed by atoms with Crippen molar-refractivity contribution < 1.29 is 4.79 Å². The minimum absolute atomic E-state index is 0.101. The van der Waals surface area contributed by atoms with Gasteiger partial charge in [-0.15, -0.1) is 0 Å². The molecule has 4 heteroatoms. The number of fused-ring (bicyclic) bond motifs is 2. The van der Waals surface area contributed by atoms with Crippen LogP contribution in [0, 0.1) is 13.8 Å². The molecule has 2 bridgehead atoms. The number of hydrogen-bond acceptors (Lipinski definition) is 2. The third-order valence-electron chi connectivity index (χ3n) is 4.94. The lowest BCUT2D eigenvalue weighted by atomic mass is 9.99. The van der Waals surface area contributed by atoms with Crippen LogP contribution in [0.15, 0.2) is 6.07 Å². The maximum atomic E-state index is 12.5. The van der Waals surface area contributed by atoms with E-state index >= 15 is 0 Å². The Balaban J connectivity index is 1.70. The van der Waals surface area contributed by atoms with Gasteiger partial charge in [0.05, 0.1) is 5.56 Å². The molecule has 3 rings (SSSR count). The smallest absolute Gasteiger partial charge is 0.253 e. The van der Waals surface area contributed by atoms with Gasteiger partial charge in [0.15, 0.2) is 0 Å². The number of carbonyl (C=O) groups is 1. The minimum atomic E-state index is 0.101. The summed E-state index contributed by atoms with van der Waals surface area (Å²) in [7, 11) is 0. The van der Waals surface area contributed by atoms with E-state index in [0.29, 0.717) is 18.1 Å². The van der Waals surface area contributed by atoms with Crippen molar-refractivity contribution in [3.63, 3.8) is 0 Å². The fourth-order valence-corrected chi connectivity index (χ4v) is 3.96. The predicted molar refractivity (Wildman–Crippen MR) is 80.0 cm³/mol. The zero-order valence-electron chi connectivity index (χ0n) is 12.7. The van der Waals surface area contributed by atoms with E-state index in [9.17, 15) is 4.79 Å². The highest BCUT2D eigenvalue weighted by Crippen LogP contribution is 2.27. The topological polar surface area (TPSA) is 46.1 Å². The summed E-state index contributed by atoms with van der Waals surface area (Å²) in [5.74, 6) is 0.101. The van der Waals surface area contributed by atoms with E-state index in [4.69, 9.17) is 0 Å². The van der Waals surface area contributed by atoms with Gasteiger partial charge in [0.2, 0.25) is 0 Å². The summed E-state index contributed by atoms with van der Waals surface area (Å²) in [5, 5.41) is 6.86. The van der Waals surface area contributed by atoms with Gasteiger partial charge < -0.3 is 15.2 Å². The van der Waals surface area contributed by atoms with E-state index in [1.807, 2.05) is 13.0 Å². The number of aryl methyl sites for hydroxylation is 1. The SMILES string of the molecule is CCn1c(C)cc(C(=O)NC2CC3CCC(C2)N3)c1C. The number of amides is 1. The van der Waals surface area contributed by atoms with Crippen molar-refractivity contribution in [2.45, 2.75) is 71.1 Å². The number of carbonyl (C=O) groups excluding carboxylic acids is 1. The fraction of sp³-hybridized carbons (Fsp3) is 0.688. The van der Waals surface area contributed by atoms with Crippen molar-refractivity contribution >= 4 is 5.91 Å². The first-order valence-corrected chi connectivity index (χ1v) is 7.82. The Labute approximate surface area is 120 Å². The van der Waals surface area contributed by atoms with Gasteiger partial charge in [-0.25, -0.2) is 0 Å². The van der Waals surface area contributed by atoms with E-state index < -0.39 is 0 Å². The van der Waals surface area contributed by atoms with Crippen LogP contribution in [0.4, 0.5) is 0 Å². The second-order valence-electron chi connectivity index (χ2n) is 6.31. The first-order valence-electron chi connectivity index (χ1n) is 7.82. The largest absolute Gasteiger partial charge is 0.349 e. The molecular formula is C16H25N3O. The number of rotatable bonds is 3. The highest BCUT2D eigenvalue weighted by atomic mass is 16.1. The molecule has 2 aliphatic heterocycles. The molecular weight excluding hydrogens is 250 g/mol. The maximum absolute atomic E-state index is 12.5. The summed E-state index contributed by atoms with van der Waals surface area (Å²) in [6, 6.07) is 3.58. The molecule has 2 N–H and O–H groups in total. The first kappa shape index (κ1) is 13.7. The molecule has 2 unspecified atom stereocenters. The van der Waals surface area contributed by atoms with Crippen molar-refractivity contribution in [2.24, 2.45) is 0 Å². The molecule has 0 spiro atoms. The average Bonchev–Trinajstić information content (AvgIpc) is 2.89. The summed E-state index contributed by atoms with van der Waals surface area (Å²) in [6.45, 7) is 7.14. The zero-order valence-corrected chi connectivity index (χ0v) is 12.7. The van der Waals surface area contributed by atoms with Crippen LogP contribution in [0.3, 0.4) is 0 Å². The van der Waals surface area contributed by atoms with Crippen LogP contribution in [0.25, 0.3) is 0 Å². The van der Waals surface area contributed by atoms with Crippen molar-refractivity contribution in [3.05, 3.63) is 23.0 Å². The van der Waals surface area contributed by atoms with Crippen LogP contribution >= 0.6 is 0 Å². The van der Waals surface area contributed by atoms with Crippen molar-refractivity contribution in [2.75, 3.05) is 0 Å². The van der Waals surface area contributed by atoms with Gasteiger partial charge in [-0.3, -0.25) is 4.79 Å². The highest BCUT2D eigenvalue weighted by molar-refractivity contribution is 5.95. The van der Waals surface area contributed by atoms with Crippen LogP contribution in [-0.2, 0) is 6.54 Å². The van der Waals surface area contributed by atoms with Crippen molar-refractivity contribution in [3.8, 4) is 0 Å². The normalized spacial score (nSPS) is 28.6. The quantitative estimate of drug-likeness (QED) is 0.888. The summed E-state index contributed by atoms with van der Waals surface area (Å²) in [6.07, 6.45) is 4.69. The summed E-state index contributed by atoms with van der Waals surface area (Å²) in [4.78, 5) is 12.5. The molecule has 4 nitrogen and oxygen atoms in total. The molecule has 0 saturated carbocycles. The van der Waals surface area contributed by atoms with E-state index in [-0.39, 0.29) is 5.91 Å². The van der Waals surface area contributed by atoms with Crippen molar-refractivity contribution in [1.29, 1.82) is 0 Å². The first-order chi connectivity index (χ1) is 9.58. The van der Waals surface area contributed by atoms with Gasteiger partial charge in [-0.1, -0.05) is 0 Å². The Bertz CT molecular complexity index is 508. The van der Waals surface area contributed by atoms with E-state index in [0.717, 1.165) is 30.6 Å². The van der Waals surface area contributed by atoms with Crippen LogP contribution < -0.4 is 10.6 Å². The van der Waals surface area contributed by atoms with Gasteiger partial charge in [0, 0.05) is 36.1 Å². The van der Waals surface area contributed by atoms with E-state index in [1.165, 1.54) is 18.5 Å². The Kier molecular flexibility index (Phi) is 3.59. The second-order valence-corrected chi connectivity index (χ2v) is 6.31. The Morgan fingerprint density at radius 3 is 2.55 bits per heavy atom. The number of hydrogen-bond donors (Lipinski definition) is 2. The Morgan fingerprint density at radius 2 is 2.00 bits per heavy atom. The molecule has 2 fully saturated rings. The van der Waals surface area contributed by atoms with Gasteiger partial charge >= 0.3 is 0 Å². The number of nitrogens with one attached hydrogen (secondary N) is 2. The predicted octanol–water partition coefficient (Wildman–Crippen LogP) is 2.14. The molecule has 1 aromatic rings. The molecule has 20 heavy (non-hydrogen) atoms. The van der Waals surface area contributed by atoms with Crippen LogP contribution in [0.5, 0.6) is 0 Å². The zero-order chi connectivity index (χ0) is 14.3. The molecule has 3 heterocycles. The Morgan fingerprint density at radius 1 is 1.35 bits per heavy atom. The number of aromatic nitrogens is 1. The van der Waals surface area contributed by atoms with Crippen molar-refractivity contribution in [1.82, 2.24) is 15.2 Å². The molecule has 1 amide bonds. The fourth-order valence-electron chi connectivity index (χ4n) is 3.96. The van der Waals surface area contributed by atoms with Gasteiger partial charge in [0.1, 0.15) is 0 Å². The summed E-state index contributed by atoms with van der Waals surface area (Å²) >= 11 is 0. The molecule has 0 aliphatic carbocycles. The molecule has 2 atom stereocenters.